The van der Waals surface area contributed by atoms with Crippen molar-refractivity contribution in [3.8, 4) is 0 Å². The molecular formula is C10H16O4. The van der Waals surface area contributed by atoms with Crippen molar-refractivity contribution in [1.82, 2.24) is 0 Å². The van der Waals surface area contributed by atoms with Gasteiger partial charge in [-0.25, -0.2) is 0 Å². The van der Waals surface area contributed by atoms with Crippen LogP contribution in [0, 0.1) is 5.92 Å². The summed E-state index contributed by atoms with van der Waals surface area (Å²) in [5, 5.41) is 0. The van der Waals surface area contributed by atoms with Crippen molar-refractivity contribution in [3.63, 3.8) is 0 Å². The van der Waals surface area contributed by atoms with E-state index in [0.29, 0.717) is 19.4 Å². The van der Waals surface area contributed by atoms with Crippen molar-refractivity contribution in [1.29, 1.82) is 0 Å². The highest BCUT2D eigenvalue weighted by molar-refractivity contribution is 5.95. The molecule has 4 nitrogen and oxygen atoms in total. The van der Waals surface area contributed by atoms with E-state index in [0.717, 1.165) is 0 Å². The molecule has 80 valence electrons. The molecule has 0 radical (unpaired) electrons. The number of rotatable bonds is 2. The van der Waals surface area contributed by atoms with Gasteiger partial charge in [0.05, 0.1) is 6.61 Å². The zero-order chi connectivity index (χ0) is 10.8. The first-order valence-electron chi connectivity index (χ1n) is 4.86. The molecule has 1 heterocycles. The molecule has 0 aromatic heterocycles. The summed E-state index contributed by atoms with van der Waals surface area (Å²) in [4.78, 5) is 22.7. The number of cyclic esters (lactones) is 1. The van der Waals surface area contributed by atoms with Crippen molar-refractivity contribution in [3.05, 3.63) is 0 Å². The van der Waals surface area contributed by atoms with Gasteiger partial charge in [-0.2, -0.15) is 0 Å². The zero-order valence-corrected chi connectivity index (χ0v) is 8.83. The van der Waals surface area contributed by atoms with Crippen LogP contribution in [0.1, 0.15) is 33.6 Å². The van der Waals surface area contributed by atoms with E-state index in [9.17, 15) is 9.59 Å². The highest BCUT2D eigenvalue weighted by Crippen LogP contribution is 2.28. The minimum absolute atomic E-state index is 0.298. The first kappa shape index (κ1) is 11.0. The quantitative estimate of drug-likeness (QED) is 0.497. The van der Waals surface area contributed by atoms with Crippen LogP contribution in [0.15, 0.2) is 0 Å². The van der Waals surface area contributed by atoms with Gasteiger partial charge in [0.2, 0.25) is 0 Å². The largest absolute Gasteiger partial charge is 0.465 e. The van der Waals surface area contributed by atoms with E-state index in [1.165, 1.54) is 0 Å². The molecule has 0 spiro atoms. The lowest BCUT2D eigenvalue weighted by Gasteiger charge is -2.32. The van der Waals surface area contributed by atoms with Crippen molar-refractivity contribution < 1.29 is 19.1 Å². The molecule has 1 fully saturated rings. The topological polar surface area (TPSA) is 52.6 Å². The van der Waals surface area contributed by atoms with Crippen LogP contribution in [0.4, 0.5) is 0 Å². The Hall–Kier alpha value is -1.06. The van der Waals surface area contributed by atoms with Crippen molar-refractivity contribution >= 4 is 11.9 Å². The Morgan fingerprint density at radius 2 is 2.29 bits per heavy atom. The van der Waals surface area contributed by atoms with Crippen molar-refractivity contribution in [2.75, 3.05) is 6.61 Å². The summed E-state index contributed by atoms with van der Waals surface area (Å²) in [6.07, 6.45) is 1.22. The third-order valence-corrected chi connectivity index (χ3v) is 2.27. The summed E-state index contributed by atoms with van der Waals surface area (Å²) in [5.41, 5.74) is -0.444. The number of esters is 2. The molecule has 1 aliphatic heterocycles. The molecule has 1 unspecified atom stereocenters. The van der Waals surface area contributed by atoms with Crippen LogP contribution < -0.4 is 0 Å². The van der Waals surface area contributed by atoms with Gasteiger partial charge >= 0.3 is 11.9 Å². The van der Waals surface area contributed by atoms with Gasteiger partial charge in [-0.1, -0.05) is 0 Å². The fourth-order valence-corrected chi connectivity index (χ4v) is 1.46. The molecule has 0 aromatic rings. The fraction of sp³-hybridized carbons (Fsp3) is 0.800. The van der Waals surface area contributed by atoms with Gasteiger partial charge in [-0.15, -0.1) is 0 Å². The van der Waals surface area contributed by atoms with Gasteiger partial charge < -0.3 is 9.47 Å². The van der Waals surface area contributed by atoms with E-state index < -0.39 is 23.5 Å². The third-order valence-electron chi connectivity index (χ3n) is 2.27. The smallest absolute Gasteiger partial charge is 0.320 e. The minimum atomic E-state index is -0.719. The lowest BCUT2D eigenvalue weighted by atomic mass is 9.91. The molecule has 1 rings (SSSR count). The second kappa shape index (κ2) is 3.98. The van der Waals surface area contributed by atoms with Gasteiger partial charge in [0.1, 0.15) is 5.60 Å². The van der Waals surface area contributed by atoms with Crippen molar-refractivity contribution in [2.45, 2.75) is 39.2 Å². The Kier molecular flexibility index (Phi) is 3.13. The Labute approximate surface area is 83.6 Å². The summed E-state index contributed by atoms with van der Waals surface area (Å²) >= 11 is 0. The van der Waals surface area contributed by atoms with E-state index in [-0.39, 0.29) is 0 Å². The summed E-state index contributed by atoms with van der Waals surface area (Å²) in [6.45, 7) is 5.69. The molecule has 0 saturated carbocycles. The Morgan fingerprint density at radius 3 is 2.79 bits per heavy atom. The first-order valence-corrected chi connectivity index (χ1v) is 4.86. The fourth-order valence-electron chi connectivity index (χ4n) is 1.46. The molecule has 0 amide bonds. The van der Waals surface area contributed by atoms with Crippen LogP contribution in [-0.2, 0) is 19.1 Å². The normalized spacial score (nSPS) is 25.4. The molecule has 1 saturated heterocycles. The molecular weight excluding hydrogens is 184 g/mol. The average Bonchev–Trinajstić information content (AvgIpc) is 2.02. The Balaban J connectivity index is 2.58. The Bertz CT molecular complexity index is 245. The number of hydrogen-bond acceptors (Lipinski definition) is 4. The van der Waals surface area contributed by atoms with Crippen LogP contribution in [-0.4, -0.2) is 24.1 Å². The maximum Gasteiger partial charge on any atom is 0.320 e. The first-order chi connectivity index (χ1) is 6.46. The standard InChI is InChI=1S/C10H16O4/c1-4-13-8(11)7-5-6-10(2,3)14-9(7)12/h7H,4-6H2,1-3H3. The molecule has 1 aliphatic rings. The van der Waals surface area contributed by atoms with Crippen LogP contribution in [0.3, 0.4) is 0 Å². The van der Waals surface area contributed by atoms with Crippen LogP contribution >= 0.6 is 0 Å². The van der Waals surface area contributed by atoms with Crippen LogP contribution in [0.25, 0.3) is 0 Å². The molecule has 0 N–H and O–H groups in total. The summed E-state index contributed by atoms with van der Waals surface area (Å²) in [5.74, 6) is -1.64. The number of ether oxygens (including phenoxy) is 2. The second-order valence-corrected chi connectivity index (χ2v) is 4.02. The van der Waals surface area contributed by atoms with E-state index in [1.807, 2.05) is 13.8 Å². The molecule has 1 atom stereocenters. The van der Waals surface area contributed by atoms with Gasteiger partial charge in [-0.05, 0) is 33.6 Å². The van der Waals surface area contributed by atoms with E-state index in [1.54, 1.807) is 6.92 Å². The number of carbonyl (C=O) groups is 2. The van der Waals surface area contributed by atoms with E-state index in [2.05, 4.69) is 0 Å². The van der Waals surface area contributed by atoms with Gasteiger partial charge in [0.15, 0.2) is 5.92 Å². The molecule has 14 heavy (non-hydrogen) atoms. The van der Waals surface area contributed by atoms with Crippen molar-refractivity contribution in [2.24, 2.45) is 5.92 Å². The second-order valence-electron chi connectivity index (χ2n) is 4.02. The summed E-state index contributed by atoms with van der Waals surface area (Å²) < 4.78 is 9.89. The summed E-state index contributed by atoms with van der Waals surface area (Å²) in [7, 11) is 0. The average molecular weight is 200 g/mol. The third kappa shape index (κ3) is 2.47. The van der Waals surface area contributed by atoms with Gasteiger partial charge in [0.25, 0.3) is 0 Å². The number of carbonyl (C=O) groups excluding carboxylic acids is 2. The maximum absolute atomic E-state index is 11.4. The molecule has 0 bridgehead atoms. The predicted octanol–water partition coefficient (Wildman–Crippen LogP) is 1.28. The lowest BCUT2D eigenvalue weighted by Crippen LogP contribution is -2.41. The monoisotopic (exact) mass is 200 g/mol. The predicted molar refractivity (Wildman–Crippen MR) is 49.5 cm³/mol. The zero-order valence-electron chi connectivity index (χ0n) is 8.83. The number of hydrogen-bond donors (Lipinski definition) is 0. The van der Waals surface area contributed by atoms with Crippen LogP contribution in [0.5, 0.6) is 0 Å². The molecule has 0 aromatic carbocycles. The Morgan fingerprint density at radius 1 is 1.64 bits per heavy atom. The maximum atomic E-state index is 11.4. The molecule has 4 heteroatoms. The highest BCUT2D eigenvalue weighted by Gasteiger charge is 2.39. The minimum Gasteiger partial charge on any atom is -0.465 e. The summed E-state index contributed by atoms with van der Waals surface area (Å²) in [6, 6.07) is 0. The van der Waals surface area contributed by atoms with Gasteiger partial charge in [-0.3, -0.25) is 9.59 Å². The van der Waals surface area contributed by atoms with Crippen LogP contribution in [0.2, 0.25) is 0 Å². The van der Waals surface area contributed by atoms with Gasteiger partial charge in [0, 0.05) is 0 Å². The van der Waals surface area contributed by atoms with E-state index >= 15 is 0 Å². The van der Waals surface area contributed by atoms with E-state index in [4.69, 9.17) is 9.47 Å². The molecule has 0 aliphatic carbocycles. The highest BCUT2D eigenvalue weighted by atomic mass is 16.6. The SMILES string of the molecule is CCOC(=O)C1CCC(C)(C)OC1=O. The lowest BCUT2D eigenvalue weighted by molar-refractivity contribution is -0.178.